The molecule has 0 saturated heterocycles. The first kappa shape index (κ1) is 11.3. The van der Waals surface area contributed by atoms with Crippen LogP contribution >= 0.6 is 0 Å². The molecular formula is C9H10FNO4. The summed E-state index contributed by atoms with van der Waals surface area (Å²) in [5, 5.41) is 17.7. The fraction of sp³-hybridized carbons (Fsp3) is 0.222. The fourth-order valence-electron chi connectivity index (χ4n) is 1.15. The lowest BCUT2D eigenvalue weighted by atomic mass is 10.1. The summed E-state index contributed by atoms with van der Waals surface area (Å²) >= 11 is 0. The minimum Gasteiger partial charge on any atom is -0.505 e. The Morgan fingerprint density at radius 3 is 2.67 bits per heavy atom. The van der Waals surface area contributed by atoms with Gasteiger partial charge in [0.2, 0.25) is 5.82 Å². The SMILES string of the molecule is COc1c(C(N)C(=O)O)ccc(O)c1F. The summed E-state index contributed by atoms with van der Waals surface area (Å²) in [4.78, 5) is 10.6. The maximum absolute atomic E-state index is 13.3. The minimum atomic E-state index is -1.39. The van der Waals surface area contributed by atoms with E-state index in [-0.39, 0.29) is 11.3 Å². The average Bonchev–Trinajstić information content (AvgIpc) is 2.20. The number of carboxylic acids is 1. The van der Waals surface area contributed by atoms with Crippen LogP contribution < -0.4 is 10.5 Å². The zero-order valence-corrected chi connectivity index (χ0v) is 7.90. The second kappa shape index (κ2) is 4.14. The number of ether oxygens (including phenoxy) is 1. The third-order valence-electron chi connectivity index (χ3n) is 1.91. The summed E-state index contributed by atoms with van der Waals surface area (Å²) in [6.07, 6.45) is 0. The molecule has 0 heterocycles. The van der Waals surface area contributed by atoms with Crippen molar-refractivity contribution in [2.75, 3.05) is 7.11 Å². The Hall–Kier alpha value is -1.82. The zero-order valence-electron chi connectivity index (χ0n) is 7.90. The zero-order chi connectivity index (χ0) is 11.6. The van der Waals surface area contributed by atoms with Crippen LogP contribution in [-0.2, 0) is 4.79 Å². The van der Waals surface area contributed by atoms with Crippen LogP contribution in [0.4, 0.5) is 4.39 Å². The maximum atomic E-state index is 13.3. The van der Waals surface area contributed by atoms with Gasteiger partial charge in [0, 0.05) is 5.56 Å². The van der Waals surface area contributed by atoms with Crippen LogP contribution in [-0.4, -0.2) is 23.3 Å². The van der Waals surface area contributed by atoms with E-state index < -0.39 is 23.6 Å². The first-order chi connectivity index (χ1) is 6.99. The summed E-state index contributed by atoms with van der Waals surface area (Å²) < 4.78 is 17.9. The molecule has 0 amide bonds. The van der Waals surface area contributed by atoms with Crippen molar-refractivity contribution in [3.05, 3.63) is 23.5 Å². The van der Waals surface area contributed by atoms with Crippen LogP contribution in [0.5, 0.6) is 11.5 Å². The van der Waals surface area contributed by atoms with E-state index >= 15 is 0 Å². The van der Waals surface area contributed by atoms with Gasteiger partial charge in [-0.25, -0.2) is 0 Å². The summed E-state index contributed by atoms with van der Waals surface area (Å²) in [6.45, 7) is 0. The molecule has 1 atom stereocenters. The van der Waals surface area contributed by atoms with Gasteiger partial charge in [0.05, 0.1) is 7.11 Å². The van der Waals surface area contributed by atoms with E-state index in [0.29, 0.717) is 0 Å². The summed E-state index contributed by atoms with van der Waals surface area (Å²) in [5.41, 5.74) is 5.28. The lowest BCUT2D eigenvalue weighted by Gasteiger charge is -2.13. The summed E-state index contributed by atoms with van der Waals surface area (Å²) in [5.74, 6) is -3.30. The number of hydrogen-bond donors (Lipinski definition) is 3. The number of carbonyl (C=O) groups is 1. The lowest BCUT2D eigenvalue weighted by molar-refractivity contribution is -0.138. The molecule has 0 aliphatic rings. The molecule has 4 N–H and O–H groups in total. The molecule has 0 radical (unpaired) electrons. The minimum absolute atomic E-state index is 0.0275. The molecule has 0 fully saturated rings. The highest BCUT2D eigenvalue weighted by Gasteiger charge is 2.22. The predicted octanol–water partition coefficient (Wildman–Crippen LogP) is 0.624. The third-order valence-corrected chi connectivity index (χ3v) is 1.91. The number of phenols is 1. The second-order valence-corrected chi connectivity index (χ2v) is 2.84. The Kier molecular flexibility index (Phi) is 3.11. The molecule has 1 aromatic carbocycles. The number of carboxylic acid groups (broad SMARTS) is 1. The number of phenolic OH excluding ortho intramolecular Hbond substituents is 1. The quantitative estimate of drug-likeness (QED) is 0.687. The van der Waals surface area contributed by atoms with Crippen LogP contribution in [0.2, 0.25) is 0 Å². The molecular weight excluding hydrogens is 205 g/mol. The van der Waals surface area contributed by atoms with Gasteiger partial charge in [-0.1, -0.05) is 0 Å². The smallest absolute Gasteiger partial charge is 0.325 e. The monoisotopic (exact) mass is 215 g/mol. The van der Waals surface area contributed by atoms with E-state index in [9.17, 15) is 9.18 Å². The summed E-state index contributed by atoms with van der Waals surface area (Å²) in [6, 6.07) is 0.835. The van der Waals surface area contributed by atoms with Crippen molar-refractivity contribution in [2.45, 2.75) is 6.04 Å². The average molecular weight is 215 g/mol. The number of nitrogens with two attached hydrogens (primary N) is 1. The van der Waals surface area contributed by atoms with Crippen molar-refractivity contribution in [3.8, 4) is 11.5 Å². The predicted molar refractivity (Wildman–Crippen MR) is 49.2 cm³/mol. The molecule has 0 aliphatic carbocycles. The Labute approximate surface area is 84.9 Å². The molecule has 0 aromatic heterocycles. The highest BCUT2D eigenvalue weighted by atomic mass is 19.1. The Morgan fingerprint density at radius 2 is 2.20 bits per heavy atom. The van der Waals surface area contributed by atoms with Gasteiger partial charge >= 0.3 is 5.97 Å². The number of aliphatic carboxylic acids is 1. The van der Waals surface area contributed by atoms with Gasteiger partial charge < -0.3 is 20.7 Å². The van der Waals surface area contributed by atoms with Crippen LogP contribution in [0.3, 0.4) is 0 Å². The summed E-state index contributed by atoms with van der Waals surface area (Å²) in [7, 11) is 1.16. The highest BCUT2D eigenvalue weighted by molar-refractivity contribution is 5.76. The Bertz CT molecular complexity index is 394. The molecule has 15 heavy (non-hydrogen) atoms. The van der Waals surface area contributed by atoms with Crippen LogP contribution in [0.15, 0.2) is 12.1 Å². The van der Waals surface area contributed by atoms with Crippen molar-refractivity contribution >= 4 is 5.97 Å². The Balaban J connectivity index is 3.30. The highest BCUT2D eigenvalue weighted by Crippen LogP contribution is 2.32. The third kappa shape index (κ3) is 1.99. The standard InChI is InChI=1S/C9H10FNO4/c1-15-8-4(7(11)9(13)14)2-3-5(12)6(8)10/h2-3,7,12H,11H2,1H3,(H,13,14). The number of hydrogen-bond acceptors (Lipinski definition) is 4. The molecule has 1 unspecified atom stereocenters. The first-order valence-electron chi connectivity index (χ1n) is 4.02. The van der Waals surface area contributed by atoms with Crippen molar-refractivity contribution in [1.29, 1.82) is 0 Å². The van der Waals surface area contributed by atoms with Gasteiger partial charge in [-0.05, 0) is 12.1 Å². The largest absolute Gasteiger partial charge is 0.505 e. The molecule has 6 heteroatoms. The molecule has 0 spiro atoms. The van der Waals surface area contributed by atoms with Gasteiger partial charge in [0.1, 0.15) is 6.04 Å². The van der Waals surface area contributed by atoms with E-state index in [0.717, 1.165) is 13.2 Å². The normalized spacial score (nSPS) is 12.2. The van der Waals surface area contributed by atoms with Crippen LogP contribution in [0.25, 0.3) is 0 Å². The number of halogens is 1. The number of aromatic hydroxyl groups is 1. The van der Waals surface area contributed by atoms with E-state index in [4.69, 9.17) is 15.9 Å². The van der Waals surface area contributed by atoms with Crippen molar-refractivity contribution in [1.82, 2.24) is 0 Å². The topological polar surface area (TPSA) is 92.8 Å². The van der Waals surface area contributed by atoms with Gasteiger partial charge in [-0.2, -0.15) is 4.39 Å². The molecule has 1 aromatic rings. The van der Waals surface area contributed by atoms with E-state index in [1.165, 1.54) is 6.07 Å². The van der Waals surface area contributed by atoms with Crippen LogP contribution in [0, 0.1) is 5.82 Å². The molecule has 0 bridgehead atoms. The van der Waals surface area contributed by atoms with Gasteiger partial charge in [-0.15, -0.1) is 0 Å². The van der Waals surface area contributed by atoms with E-state index in [2.05, 4.69) is 4.74 Å². The Morgan fingerprint density at radius 1 is 1.60 bits per heavy atom. The lowest BCUT2D eigenvalue weighted by Crippen LogP contribution is -2.21. The molecule has 82 valence electrons. The van der Waals surface area contributed by atoms with Crippen molar-refractivity contribution < 1.29 is 24.1 Å². The van der Waals surface area contributed by atoms with Crippen LogP contribution in [0.1, 0.15) is 11.6 Å². The maximum Gasteiger partial charge on any atom is 0.325 e. The number of methoxy groups -OCH3 is 1. The van der Waals surface area contributed by atoms with Gasteiger partial charge in [0.15, 0.2) is 11.5 Å². The van der Waals surface area contributed by atoms with E-state index in [1.807, 2.05) is 0 Å². The van der Waals surface area contributed by atoms with Gasteiger partial charge in [-0.3, -0.25) is 4.79 Å². The van der Waals surface area contributed by atoms with Crippen molar-refractivity contribution in [3.63, 3.8) is 0 Å². The van der Waals surface area contributed by atoms with Crippen molar-refractivity contribution in [2.24, 2.45) is 5.73 Å². The van der Waals surface area contributed by atoms with E-state index in [1.54, 1.807) is 0 Å². The molecule has 0 saturated carbocycles. The number of rotatable bonds is 3. The van der Waals surface area contributed by atoms with Gasteiger partial charge in [0.25, 0.3) is 0 Å². The second-order valence-electron chi connectivity index (χ2n) is 2.84. The first-order valence-corrected chi connectivity index (χ1v) is 4.02. The molecule has 0 aliphatic heterocycles. The molecule has 5 nitrogen and oxygen atoms in total. The fourth-order valence-corrected chi connectivity index (χ4v) is 1.15. The number of benzene rings is 1. The molecule has 1 rings (SSSR count).